The number of aliphatic imine (C=N–C) groups is 1. The predicted molar refractivity (Wildman–Crippen MR) is 101 cm³/mol. The zero-order chi connectivity index (χ0) is 16.5. The van der Waals surface area contributed by atoms with Gasteiger partial charge < -0.3 is 15.4 Å². The Kier molecular flexibility index (Phi) is 7.09. The van der Waals surface area contributed by atoms with Crippen LogP contribution in [0, 0.1) is 0 Å². The van der Waals surface area contributed by atoms with Crippen LogP contribution in [0.3, 0.4) is 0 Å². The molecule has 23 heavy (non-hydrogen) atoms. The van der Waals surface area contributed by atoms with Crippen molar-refractivity contribution in [1.82, 2.24) is 10.6 Å². The molecule has 1 aliphatic rings. The molecule has 0 bridgehead atoms. The molecule has 0 saturated carbocycles. The van der Waals surface area contributed by atoms with Crippen molar-refractivity contribution in [3.05, 3.63) is 29.8 Å². The second-order valence-electron chi connectivity index (χ2n) is 6.12. The lowest BCUT2D eigenvalue weighted by Crippen LogP contribution is -2.39. The lowest BCUT2D eigenvalue weighted by atomic mass is 10.1. The molecule has 4 nitrogen and oxygen atoms in total. The van der Waals surface area contributed by atoms with Crippen LogP contribution in [0.5, 0.6) is 5.75 Å². The van der Waals surface area contributed by atoms with E-state index in [0.29, 0.717) is 4.75 Å². The Bertz CT molecular complexity index is 495. The van der Waals surface area contributed by atoms with Crippen molar-refractivity contribution >= 4 is 17.7 Å². The first kappa shape index (κ1) is 18.0. The van der Waals surface area contributed by atoms with Crippen LogP contribution in [-0.2, 0) is 6.42 Å². The third-order valence-corrected chi connectivity index (χ3v) is 5.60. The summed E-state index contributed by atoms with van der Waals surface area (Å²) in [5, 5.41) is 6.78. The van der Waals surface area contributed by atoms with Crippen LogP contribution >= 0.6 is 11.8 Å². The molecule has 1 fully saturated rings. The van der Waals surface area contributed by atoms with E-state index in [1.165, 1.54) is 24.2 Å². The number of hydrogen-bond acceptors (Lipinski definition) is 3. The summed E-state index contributed by atoms with van der Waals surface area (Å²) in [6, 6.07) is 8.24. The van der Waals surface area contributed by atoms with Gasteiger partial charge in [0.05, 0.1) is 13.7 Å². The summed E-state index contributed by atoms with van der Waals surface area (Å²) in [4.78, 5) is 4.78. The Morgan fingerprint density at radius 1 is 1.30 bits per heavy atom. The summed E-state index contributed by atoms with van der Waals surface area (Å²) >= 11 is 2.05. The second-order valence-corrected chi connectivity index (χ2v) is 7.80. The number of ether oxygens (including phenoxy) is 1. The Labute approximate surface area is 144 Å². The third kappa shape index (κ3) is 5.98. The number of guanidine groups is 1. The normalized spacial score (nSPS) is 21.3. The molecule has 0 radical (unpaired) electrons. The van der Waals surface area contributed by atoms with Crippen LogP contribution in [0.4, 0.5) is 0 Å². The van der Waals surface area contributed by atoms with Crippen molar-refractivity contribution in [2.24, 2.45) is 4.99 Å². The van der Waals surface area contributed by atoms with Gasteiger partial charge in [0.1, 0.15) is 5.75 Å². The molecule has 2 N–H and O–H groups in total. The molecule has 1 atom stereocenters. The van der Waals surface area contributed by atoms with Gasteiger partial charge in [-0.05, 0) is 56.6 Å². The first-order valence-corrected chi connectivity index (χ1v) is 9.43. The van der Waals surface area contributed by atoms with Gasteiger partial charge in [0.25, 0.3) is 0 Å². The van der Waals surface area contributed by atoms with E-state index in [9.17, 15) is 0 Å². The molecule has 1 unspecified atom stereocenters. The molecule has 128 valence electrons. The Balaban J connectivity index is 1.81. The van der Waals surface area contributed by atoms with Gasteiger partial charge in [-0.3, -0.25) is 4.99 Å². The summed E-state index contributed by atoms with van der Waals surface area (Å²) in [6.07, 6.45) is 3.56. The van der Waals surface area contributed by atoms with Crippen LogP contribution in [-0.4, -0.2) is 43.2 Å². The summed E-state index contributed by atoms with van der Waals surface area (Å²) < 4.78 is 5.51. The van der Waals surface area contributed by atoms with Gasteiger partial charge in [-0.15, -0.1) is 0 Å². The maximum Gasteiger partial charge on any atom is 0.191 e. The monoisotopic (exact) mass is 335 g/mol. The molecule has 0 aliphatic carbocycles. The highest BCUT2D eigenvalue weighted by atomic mass is 32.2. The molecular formula is C18H29N3OS. The Hall–Kier alpha value is -1.36. The molecule has 0 amide bonds. The third-order valence-electron chi connectivity index (χ3n) is 4.08. The Morgan fingerprint density at radius 2 is 2.09 bits per heavy atom. The summed E-state index contributed by atoms with van der Waals surface area (Å²) in [5.74, 6) is 3.10. The minimum absolute atomic E-state index is 0.318. The number of benzene rings is 1. The maximum absolute atomic E-state index is 5.19. The fourth-order valence-corrected chi connectivity index (χ4v) is 3.89. The largest absolute Gasteiger partial charge is 0.497 e. The minimum atomic E-state index is 0.318. The SMILES string of the molecule is CCNC(=NCC1(C)CCCS1)NCCc1ccc(OC)cc1. The predicted octanol–water partition coefficient (Wildman–Crippen LogP) is 3.08. The van der Waals surface area contributed by atoms with Gasteiger partial charge in [0, 0.05) is 17.8 Å². The van der Waals surface area contributed by atoms with Crippen molar-refractivity contribution in [2.45, 2.75) is 37.9 Å². The van der Waals surface area contributed by atoms with Crippen molar-refractivity contribution < 1.29 is 4.74 Å². The van der Waals surface area contributed by atoms with Gasteiger partial charge in [-0.1, -0.05) is 12.1 Å². The van der Waals surface area contributed by atoms with E-state index in [2.05, 4.69) is 48.4 Å². The van der Waals surface area contributed by atoms with Crippen molar-refractivity contribution in [3.63, 3.8) is 0 Å². The van der Waals surface area contributed by atoms with Crippen molar-refractivity contribution in [2.75, 3.05) is 32.5 Å². The van der Waals surface area contributed by atoms with Gasteiger partial charge in [0.15, 0.2) is 5.96 Å². The number of hydrogen-bond donors (Lipinski definition) is 2. The zero-order valence-corrected chi connectivity index (χ0v) is 15.3. The van der Waals surface area contributed by atoms with Crippen molar-refractivity contribution in [1.29, 1.82) is 0 Å². The van der Waals surface area contributed by atoms with Gasteiger partial charge in [-0.2, -0.15) is 11.8 Å². The number of nitrogens with zero attached hydrogens (tertiary/aromatic N) is 1. The van der Waals surface area contributed by atoms with Crippen LogP contribution in [0.15, 0.2) is 29.3 Å². The lowest BCUT2D eigenvalue weighted by Gasteiger charge is -2.21. The second kappa shape index (κ2) is 9.06. The topological polar surface area (TPSA) is 45.7 Å². The lowest BCUT2D eigenvalue weighted by molar-refractivity contribution is 0.414. The van der Waals surface area contributed by atoms with E-state index in [-0.39, 0.29) is 0 Å². The Morgan fingerprint density at radius 3 is 2.70 bits per heavy atom. The molecule has 0 spiro atoms. The van der Waals surface area contributed by atoms with E-state index in [1.807, 2.05) is 12.1 Å². The van der Waals surface area contributed by atoms with Crippen LogP contribution in [0.1, 0.15) is 32.3 Å². The summed E-state index contributed by atoms with van der Waals surface area (Å²) in [5.41, 5.74) is 1.30. The summed E-state index contributed by atoms with van der Waals surface area (Å²) in [7, 11) is 1.69. The van der Waals surface area contributed by atoms with Crippen LogP contribution < -0.4 is 15.4 Å². The number of rotatable bonds is 7. The average molecular weight is 336 g/mol. The highest BCUT2D eigenvalue weighted by Crippen LogP contribution is 2.37. The summed E-state index contributed by atoms with van der Waals surface area (Å²) in [6.45, 7) is 7.08. The molecule has 1 aliphatic heterocycles. The van der Waals surface area contributed by atoms with E-state index in [1.54, 1.807) is 7.11 Å². The maximum atomic E-state index is 5.19. The molecule has 5 heteroatoms. The average Bonchev–Trinajstić information content (AvgIpc) is 3.00. The number of thioether (sulfide) groups is 1. The van der Waals surface area contributed by atoms with E-state index < -0.39 is 0 Å². The molecule has 1 saturated heterocycles. The number of nitrogens with one attached hydrogen (secondary N) is 2. The van der Waals surface area contributed by atoms with Crippen LogP contribution in [0.2, 0.25) is 0 Å². The van der Waals surface area contributed by atoms with Crippen molar-refractivity contribution in [3.8, 4) is 5.75 Å². The highest BCUT2D eigenvalue weighted by Gasteiger charge is 2.29. The first-order chi connectivity index (χ1) is 11.1. The van der Waals surface area contributed by atoms with Crippen LogP contribution in [0.25, 0.3) is 0 Å². The fourth-order valence-electron chi connectivity index (χ4n) is 2.67. The standard InChI is InChI=1S/C18H29N3OS/c1-4-19-17(21-14-18(2)11-5-13-23-18)20-12-10-15-6-8-16(22-3)9-7-15/h6-9H,4-5,10-14H2,1-3H3,(H2,19,20,21). The first-order valence-electron chi connectivity index (χ1n) is 8.44. The molecule has 1 heterocycles. The van der Waals surface area contributed by atoms with Gasteiger partial charge in [-0.25, -0.2) is 0 Å². The highest BCUT2D eigenvalue weighted by molar-refractivity contribution is 8.00. The quantitative estimate of drug-likeness (QED) is 0.594. The van der Waals surface area contributed by atoms with E-state index >= 15 is 0 Å². The zero-order valence-electron chi connectivity index (χ0n) is 14.5. The molecule has 1 aromatic rings. The minimum Gasteiger partial charge on any atom is -0.497 e. The van der Waals surface area contributed by atoms with Gasteiger partial charge in [0.2, 0.25) is 0 Å². The van der Waals surface area contributed by atoms with E-state index in [0.717, 1.165) is 37.8 Å². The fraction of sp³-hybridized carbons (Fsp3) is 0.611. The molecule has 0 aromatic heterocycles. The molecule has 1 aromatic carbocycles. The van der Waals surface area contributed by atoms with Gasteiger partial charge >= 0.3 is 0 Å². The van der Waals surface area contributed by atoms with E-state index in [4.69, 9.17) is 9.73 Å². The smallest absolute Gasteiger partial charge is 0.191 e. The molecular weight excluding hydrogens is 306 g/mol. The molecule has 2 rings (SSSR count). The number of methoxy groups -OCH3 is 1.